The van der Waals surface area contributed by atoms with Gasteiger partial charge in [-0.1, -0.05) is 23.7 Å². The summed E-state index contributed by atoms with van der Waals surface area (Å²) in [6, 6.07) is 7.97. The third-order valence-electron chi connectivity index (χ3n) is 4.94. The van der Waals surface area contributed by atoms with Gasteiger partial charge in [0.05, 0.1) is 0 Å². The van der Waals surface area contributed by atoms with Crippen molar-refractivity contribution in [1.29, 1.82) is 0 Å². The molecule has 2 aliphatic rings. The second-order valence-electron chi connectivity index (χ2n) is 8.04. The average molecular weight is 351 g/mol. The topological polar surface area (TPSA) is 41.6 Å². The largest absolute Gasteiger partial charge is 0.444 e. The predicted molar refractivity (Wildman–Crippen MR) is 96.1 cm³/mol. The van der Waals surface area contributed by atoms with Crippen LogP contribution in [-0.4, -0.2) is 35.7 Å². The summed E-state index contributed by atoms with van der Waals surface area (Å²) in [5.74, 6) is 1.36. The molecule has 3 rings (SSSR count). The molecule has 24 heavy (non-hydrogen) atoms. The number of benzene rings is 1. The Morgan fingerprint density at radius 1 is 1.29 bits per heavy atom. The number of carbonyl (C=O) groups excluding carboxylic acids is 1. The second kappa shape index (κ2) is 6.93. The first kappa shape index (κ1) is 17.6. The Bertz CT molecular complexity index is 587. The normalized spacial score (nSPS) is 26.2. The number of carbonyl (C=O) groups is 1. The van der Waals surface area contributed by atoms with Crippen molar-refractivity contribution in [1.82, 2.24) is 10.2 Å². The smallest absolute Gasteiger partial charge is 0.410 e. The molecular formula is C19H27ClN2O2. The van der Waals surface area contributed by atoms with Crippen molar-refractivity contribution in [3.05, 3.63) is 34.9 Å². The molecule has 0 aromatic heterocycles. The van der Waals surface area contributed by atoms with E-state index in [-0.39, 0.29) is 12.1 Å². The lowest BCUT2D eigenvalue weighted by Crippen LogP contribution is -2.42. The molecule has 1 saturated heterocycles. The first-order valence-electron chi connectivity index (χ1n) is 8.76. The molecule has 1 aliphatic carbocycles. The van der Waals surface area contributed by atoms with Crippen molar-refractivity contribution in [2.75, 3.05) is 13.1 Å². The van der Waals surface area contributed by atoms with Crippen LogP contribution in [-0.2, 0) is 11.3 Å². The summed E-state index contributed by atoms with van der Waals surface area (Å²) in [5, 5.41) is 4.15. The van der Waals surface area contributed by atoms with Crippen molar-refractivity contribution in [3.63, 3.8) is 0 Å². The van der Waals surface area contributed by atoms with Crippen molar-refractivity contribution in [3.8, 4) is 0 Å². The molecule has 4 nitrogen and oxygen atoms in total. The Morgan fingerprint density at radius 3 is 2.54 bits per heavy atom. The zero-order valence-corrected chi connectivity index (χ0v) is 15.5. The minimum atomic E-state index is -0.486. The van der Waals surface area contributed by atoms with Crippen LogP contribution < -0.4 is 5.32 Å². The van der Waals surface area contributed by atoms with E-state index >= 15 is 0 Å². The Labute approximate surface area is 149 Å². The molecular weight excluding hydrogens is 324 g/mol. The molecule has 1 saturated carbocycles. The molecule has 5 heteroatoms. The summed E-state index contributed by atoms with van der Waals surface area (Å²) in [6.07, 6.45) is 1.88. The van der Waals surface area contributed by atoms with E-state index in [4.69, 9.17) is 16.3 Å². The quantitative estimate of drug-likeness (QED) is 0.893. The molecule has 1 heterocycles. The van der Waals surface area contributed by atoms with Gasteiger partial charge in [-0.15, -0.1) is 0 Å². The molecule has 1 aromatic carbocycles. The fraction of sp³-hybridized carbons (Fsp3) is 0.632. The zero-order valence-electron chi connectivity index (χ0n) is 14.7. The first-order chi connectivity index (χ1) is 11.3. The fourth-order valence-corrected chi connectivity index (χ4v) is 4.10. The van der Waals surface area contributed by atoms with Crippen molar-refractivity contribution >= 4 is 17.7 Å². The molecule has 0 radical (unpaired) electrons. The maximum atomic E-state index is 12.8. The molecule has 1 amide bonds. The van der Waals surface area contributed by atoms with E-state index in [9.17, 15) is 4.79 Å². The van der Waals surface area contributed by atoms with E-state index < -0.39 is 5.60 Å². The fourth-order valence-electron chi connectivity index (χ4n) is 3.88. The summed E-state index contributed by atoms with van der Waals surface area (Å²) >= 11 is 6.11. The second-order valence-corrected chi connectivity index (χ2v) is 8.48. The van der Waals surface area contributed by atoms with Crippen LogP contribution in [0, 0.1) is 11.8 Å². The van der Waals surface area contributed by atoms with Crippen LogP contribution >= 0.6 is 11.6 Å². The number of rotatable bonds is 3. The van der Waals surface area contributed by atoms with Gasteiger partial charge < -0.3 is 15.0 Å². The lowest BCUT2D eigenvalue weighted by Gasteiger charge is -2.32. The molecule has 0 bridgehead atoms. The van der Waals surface area contributed by atoms with E-state index in [0.29, 0.717) is 23.4 Å². The molecule has 1 aromatic rings. The maximum Gasteiger partial charge on any atom is 0.410 e. The van der Waals surface area contributed by atoms with Crippen molar-refractivity contribution < 1.29 is 9.53 Å². The summed E-state index contributed by atoms with van der Waals surface area (Å²) in [4.78, 5) is 14.7. The Kier molecular flexibility index (Phi) is 5.07. The van der Waals surface area contributed by atoms with Crippen LogP contribution in [0.4, 0.5) is 4.79 Å². The standard InChI is InChI=1S/C19H27ClN2O2/c1-19(2,3)24-18(23)22(12-13-5-4-6-16(20)7-13)17-8-14-10-21-11-15(14)9-17/h4-7,14-15,17,21H,8-12H2,1-3H3. The van der Waals surface area contributed by atoms with E-state index in [1.54, 1.807) is 0 Å². The van der Waals surface area contributed by atoms with Gasteiger partial charge in [-0.3, -0.25) is 0 Å². The number of halogens is 1. The van der Waals surface area contributed by atoms with Gasteiger partial charge in [-0.05, 0) is 76.2 Å². The molecule has 132 valence electrons. The van der Waals surface area contributed by atoms with E-state index in [1.807, 2.05) is 49.9 Å². The lowest BCUT2D eigenvalue weighted by atomic mass is 10.0. The van der Waals surface area contributed by atoms with Gasteiger partial charge in [-0.2, -0.15) is 0 Å². The highest BCUT2D eigenvalue weighted by Gasteiger charge is 2.41. The van der Waals surface area contributed by atoms with E-state index in [1.165, 1.54) is 0 Å². The third-order valence-corrected chi connectivity index (χ3v) is 5.18. The number of fused-ring (bicyclic) bond motifs is 1. The Hall–Kier alpha value is -1.26. The van der Waals surface area contributed by atoms with Gasteiger partial charge in [0.2, 0.25) is 0 Å². The van der Waals surface area contributed by atoms with Gasteiger partial charge >= 0.3 is 6.09 Å². The van der Waals surface area contributed by atoms with Gasteiger partial charge in [0, 0.05) is 17.6 Å². The minimum Gasteiger partial charge on any atom is -0.444 e. The number of hydrogen-bond acceptors (Lipinski definition) is 3. The SMILES string of the molecule is CC(C)(C)OC(=O)N(Cc1cccc(Cl)c1)C1CC2CNCC2C1. The number of amides is 1. The molecule has 2 fully saturated rings. The zero-order chi connectivity index (χ0) is 17.3. The third kappa shape index (κ3) is 4.22. The number of ether oxygens (including phenoxy) is 1. The van der Waals surface area contributed by atoms with Crippen LogP contribution in [0.15, 0.2) is 24.3 Å². The molecule has 0 spiro atoms. The predicted octanol–water partition coefficient (Wildman–Crippen LogP) is 4.08. The average Bonchev–Trinajstić information content (AvgIpc) is 3.03. The number of hydrogen-bond donors (Lipinski definition) is 1. The molecule has 2 atom stereocenters. The lowest BCUT2D eigenvalue weighted by molar-refractivity contribution is 0.0137. The molecule has 1 aliphatic heterocycles. The van der Waals surface area contributed by atoms with Crippen LogP contribution in [0.5, 0.6) is 0 Å². The number of nitrogens with one attached hydrogen (secondary N) is 1. The minimum absolute atomic E-state index is 0.222. The van der Waals surface area contributed by atoms with E-state index in [2.05, 4.69) is 5.32 Å². The van der Waals surface area contributed by atoms with Gasteiger partial charge in [0.25, 0.3) is 0 Å². The van der Waals surface area contributed by atoms with Crippen LogP contribution in [0.2, 0.25) is 5.02 Å². The summed E-state index contributed by atoms with van der Waals surface area (Å²) in [6.45, 7) is 8.43. The molecule has 2 unspecified atom stereocenters. The highest BCUT2D eigenvalue weighted by atomic mass is 35.5. The van der Waals surface area contributed by atoms with Crippen molar-refractivity contribution in [2.24, 2.45) is 11.8 Å². The summed E-state index contributed by atoms with van der Waals surface area (Å²) in [7, 11) is 0. The number of nitrogens with zero attached hydrogens (tertiary/aromatic N) is 1. The highest BCUT2D eigenvalue weighted by molar-refractivity contribution is 6.30. The Balaban J connectivity index is 1.77. The Morgan fingerprint density at radius 2 is 1.96 bits per heavy atom. The van der Waals surface area contributed by atoms with Crippen LogP contribution in [0.1, 0.15) is 39.2 Å². The highest BCUT2D eigenvalue weighted by Crippen LogP contribution is 2.38. The monoisotopic (exact) mass is 350 g/mol. The van der Waals surface area contributed by atoms with Crippen molar-refractivity contribution in [2.45, 2.75) is 51.8 Å². The van der Waals surface area contributed by atoms with Gasteiger partial charge in [0.15, 0.2) is 0 Å². The van der Waals surface area contributed by atoms with Crippen LogP contribution in [0.25, 0.3) is 0 Å². The van der Waals surface area contributed by atoms with Gasteiger partial charge in [-0.25, -0.2) is 4.79 Å². The first-order valence-corrected chi connectivity index (χ1v) is 9.14. The van der Waals surface area contributed by atoms with E-state index in [0.717, 1.165) is 31.5 Å². The van der Waals surface area contributed by atoms with Crippen LogP contribution in [0.3, 0.4) is 0 Å². The summed E-state index contributed by atoms with van der Waals surface area (Å²) in [5.41, 5.74) is 0.559. The summed E-state index contributed by atoms with van der Waals surface area (Å²) < 4.78 is 5.68. The molecule has 1 N–H and O–H groups in total. The van der Waals surface area contributed by atoms with Gasteiger partial charge in [0.1, 0.15) is 5.60 Å². The maximum absolute atomic E-state index is 12.8.